The molecule has 2 amide bonds. The Morgan fingerprint density at radius 2 is 1.39 bits per heavy atom. The summed E-state index contributed by atoms with van der Waals surface area (Å²) < 4.78 is 0. The van der Waals surface area contributed by atoms with Gasteiger partial charge in [-0.05, 0) is 60.7 Å². The van der Waals surface area contributed by atoms with Crippen LogP contribution in [-0.4, -0.2) is 16.8 Å². The first-order chi connectivity index (χ1) is 13.5. The summed E-state index contributed by atoms with van der Waals surface area (Å²) in [6, 6.07) is 19.3. The molecule has 0 spiro atoms. The highest BCUT2D eigenvalue weighted by molar-refractivity contribution is 6.03. The number of hydrogen-bond acceptors (Lipinski definition) is 5. The van der Waals surface area contributed by atoms with Crippen LogP contribution in [0, 0.1) is 11.3 Å². The zero-order valence-electron chi connectivity index (χ0n) is 15.1. The van der Waals surface area contributed by atoms with Crippen molar-refractivity contribution in [2.24, 2.45) is 0 Å². The van der Waals surface area contributed by atoms with Crippen molar-refractivity contribution in [1.29, 1.82) is 5.26 Å². The van der Waals surface area contributed by atoms with Crippen LogP contribution in [0.1, 0.15) is 23.0 Å². The maximum atomic E-state index is 12.3. The Kier molecular flexibility index (Phi) is 5.63. The van der Waals surface area contributed by atoms with Crippen molar-refractivity contribution in [3.05, 3.63) is 78.1 Å². The maximum Gasteiger partial charge on any atom is 0.274 e. The van der Waals surface area contributed by atoms with Gasteiger partial charge in [-0.15, -0.1) is 0 Å². The number of hydrogen-bond donors (Lipinski definition) is 3. The largest absolute Gasteiger partial charge is 0.354 e. The molecular formula is C21H17N5O2. The van der Waals surface area contributed by atoms with E-state index in [1.165, 1.54) is 6.92 Å². The van der Waals surface area contributed by atoms with Crippen LogP contribution in [0.2, 0.25) is 0 Å². The van der Waals surface area contributed by atoms with Crippen molar-refractivity contribution in [3.8, 4) is 6.07 Å². The molecule has 0 saturated carbocycles. The summed E-state index contributed by atoms with van der Waals surface area (Å²) in [5.74, 6) is -0.493. The Labute approximate surface area is 162 Å². The molecular weight excluding hydrogens is 354 g/mol. The average molecular weight is 371 g/mol. The topological polar surface area (TPSA) is 107 Å². The summed E-state index contributed by atoms with van der Waals surface area (Å²) in [6.07, 6.45) is 1.56. The van der Waals surface area contributed by atoms with Crippen LogP contribution in [0.4, 0.5) is 22.7 Å². The Bertz CT molecular complexity index is 1020. The lowest BCUT2D eigenvalue weighted by molar-refractivity contribution is -0.114. The number of carbonyl (C=O) groups excluding carboxylic acids is 2. The number of nitrogens with one attached hydrogen (secondary N) is 3. The average Bonchev–Trinajstić information content (AvgIpc) is 2.70. The predicted octanol–water partition coefficient (Wildman–Crippen LogP) is 3.91. The van der Waals surface area contributed by atoms with Gasteiger partial charge >= 0.3 is 0 Å². The van der Waals surface area contributed by atoms with Gasteiger partial charge in [0.25, 0.3) is 5.91 Å². The summed E-state index contributed by atoms with van der Waals surface area (Å²) in [5, 5.41) is 17.4. The predicted molar refractivity (Wildman–Crippen MR) is 107 cm³/mol. The number of nitrogens with zero attached hydrogens (tertiary/aromatic N) is 2. The van der Waals surface area contributed by atoms with Gasteiger partial charge in [-0.1, -0.05) is 0 Å². The first kappa shape index (κ1) is 18.6. The molecule has 0 aliphatic heterocycles. The fourth-order valence-electron chi connectivity index (χ4n) is 2.43. The van der Waals surface area contributed by atoms with E-state index in [9.17, 15) is 9.59 Å². The first-order valence-electron chi connectivity index (χ1n) is 8.46. The molecule has 28 heavy (non-hydrogen) atoms. The van der Waals surface area contributed by atoms with Crippen molar-refractivity contribution in [2.45, 2.75) is 6.92 Å². The molecule has 0 radical (unpaired) electrons. The number of benzene rings is 2. The van der Waals surface area contributed by atoms with E-state index >= 15 is 0 Å². The minimum Gasteiger partial charge on any atom is -0.354 e. The fraction of sp³-hybridized carbons (Fsp3) is 0.0476. The summed E-state index contributed by atoms with van der Waals surface area (Å²) >= 11 is 0. The van der Waals surface area contributed by atoms with Gasteiger partial charge in [-0.2, -0.15) is 5.26 Å². The lowest BCUT2D eigenvalue weighted by Gasteiger charge is -2.08. The molecule has 0 atom stereocenters. The zero-order chi connectivity index (χ0) is 19.9. The Balaban J connectivity index is 1.61. The van der Waals surface area contributed by atoms with E-state index in [0.29, 0.717) is 16.9 Å². The maximum absolute atomic E-state index is 12.3. The lowest BCUT2D eigenvalue weighted by atomic mass is 10.2. The minimum atomic E-state index is -0.336. The Morgan fingerprint density at radius 3 is 1.93 bits per heavy atom. The van der Waals surface area contributed by atoms with E-state index in [-0.39, 0.29) is 17.5 Å². The lowest BCUT2D eigenvalue weighted by Crippen LogP contribution is -2.13. The van der Waals surface area contributed by atoms with Crippen LogP contribution in [0.3, 0.4) is 0 Å². The zero-order valence-corrected chi connectivity index (χ0v) is 15.1. The Hall–Kier alpha value is -4.18. The van der Waals surface area contributed by atoms with Crippen LogP contribution in [0.15, 0.2) is 66.9 Å². The molecule has 3 N–H and O–H groups in total. The van der Waals surface area contributed by atoms with E-state index < -0.39 is 0 Å². The minimum absolute atomic E-state index is 0.157. The normalized spacial score (nSPS) is 9.86. The van der Waals surface area contributed by atoms with Crippen LogP contribution in [0.5, 0.6) is 0 Å². The fourth-order valence-corrected chi connectivity index (χ4v) is 2.43. The van der Waals surface area contributed by atoms with Gasteiger partial charge in [0.1, 0.15) is 5.69 Å². The molecule has 0 unspecified atom stereocenters. The number of nitriles is 1. The third-order valence-corrected chi connectivity index (χ3v) is 3.76. The quantitative estimate of drug-likeness (QED) is 0.630. The molecule has 0 bridgehead atoms. The molecule has 3 aromatic rings. The van der Waals surface area contributed by atoms with Crippen LogP contribution in [0.25, 0.3) is 0 Å². The number of anilines is 4. The highest BCUT2D eigenvalue weighted by Crippen LogP contribution is 2.18. The SMILES string of the molecule is CC(=O)Nc1ccc(NC(=O)c2ccc(Nc3ccc(C#N)cc3)cn2)cc1. The summed E-state index contributed by atoms with van der Waals surface area (Å²) in [7, 11) is 0. The van der Waals surface area contributed by atoms with E-state index in [0.717, 1.165) is 11.4 Å². The standard InChI is InChI=1S/C21H17N5O2/c1-14(27)24-16-6-8-18(9-7-16)26-21(28)20-11-10-19(13-23-20)25-17-4-2-15(12-22)3-5-17/h2-11,13,25H,1H3,(H,24,27)(H,26,28). The van der Waals surface area contributed by atoms with E-state index in [2.05, 4.69) is 27.0 Å². The third-order valence-electron chi connectivity index (χ3n) is 3.76. The van der Waals surface area contributed by atoms with E-state index in [4.69, 9.17) is 5.26 Å². The number of carbonyl (C=O) groups is 2. The number of pyridine rings is 1. The molecule has 0 aliphatic carbocycles. The number of amides is 2. The van der Waals surface area contributed by atoms with Crippen molar-refractivity contribution >= 4 is 34.6 Å². The molecule has 1 heterocycles. The molecule has 3 rings (SSSR count). The van der Waals surface area contributed by atoms with Crippen LogP contribution in [-0.2, 0) is 4.79 Å². The smallest absolute Gasteiger partial charge is 0.274 e. The van der Waals surface area contributed by atoms with Crippen molar-refractivity contribution in [3.63, 3.8) is 0 Å². The van der Waals surface area contributed by atoms with Crippen molar-refractivity contribution in [1.82, 2.24) is 4.98 Å². The van der Waals surface area contributed by atoms with Gasteiger partial charge < -0.3 is 16.0 Å². The van der Waals surface area contributed by atoms with E-state index in [1.807, 2.05) is 0 Å². The summed E-state index contributed by atoms with van der Waals surface area (Å²) in [4.78, 5) is 27.5. The highest BCUT2D eigenvalue weighted by atomic mass is 16.2. The van der Waals surface area contributed by atoms with Gasteiger partial charge in [0.2, 0.25) is 5.91 Å². The molecule has 7 heteroatoms. The third kappa shape index (κ3) is 4.93. The van der Waals surface area contributed by atoms with Crippen molar-refractivity contribution in [2.75, 3.05) is 16.0 Å². The molecule has 0 fully saturated rings. The highest BCUT2D eigenvalue weighted by Gasteiger charge is 2.08. The van der Waals surface area contributed by atoms with Crippen LogP contribution < -0.4 is 16.0 Å². The molecule has 7 nitrogen and oxygen atoms in total. The van der Waals surface area contributed by atoms with E-state index in [1.54, 1.807) is 66.9 Å². The van der Waals surface area contributed by atoms with Gasteiger partial charge in [-0.3, -0.25) is 9.59 Å². The first-order valence-corrected chi connectivity index (χ1v) is 8.46. The molecule has 138 valence electrons. The van der Waals surface area contributed by atoms with Crippen LogP contribution >= 0.6 is 0 Å². The summed E-state index contributed by atoms with van der Waals surface area (Å²) in [6.45, 7) is 1.43. The van der Waals surface area contributed by atoms with Crippen molar-refractivity contribution < 1.29 is 9.59 Å². The second kappa shape index (κ2) is 8.47. The number of rotatable bonds is 5. The molecule has 0 aliphatic rings. The van der Waals surface area contributed by atoms with Gasteiger partial charge in [0.15, 0.2) is 0 Å². The van der Waals surface area contributed by atoms with Gasteiger partial charge in [0.05, 0.1) is 23.5 Å². The second-order valence-electron chi connectivity index (χ2n) is 5.96. The summed E-state index contributed by atoms with van der Waals surface area (Å²) in [5.41, 5.74) is 3.65. The van der Waals surface area contributed by atoms with Gasteiger partial charge in [0, 0.05) is 24.0 Å². The monoisotopic (exact) mass is 371 g/mol. The number of aromatic nitrogens is 1. The second-order valence-corrected chi connectivity index (χ2v) is 5.96. The Morgan fingerprint density at radius 1 is 0.821 bits per heavy atom. The molecule has 1 aromatic heterocycles. The van der Waals surface area contributed by atoms with Gasteiger partial charge in [-0.25, -0.2) is 4.98 Å². The molecule has 0 saturated heterocycles. The molecule has 2 aromatic carbocycles.